The van der Waals surface area contributed by atoms with Crippen molar-refractivity contribution in [1.82, 2.24) is 10.3 Å². The Morgan fingerprint density at radius 2 is 2.05 bits per heavy atom. The largest absolute Gasteiger partial charge is 0.373 e. The maximum absolute atomic E-state index is 12.5. The van der Waals surface area contributed by atoms with Crippen LogP contribution in [-0.4, -0.2) is 23.5 Å². The molecule has 0 saturated heterocycles. The van der Waals surface area contributed by atoms with Gasteiger partial charge in [0.2, 0.25) is 0 Å². The van der Waals surface area contributed by atoms with E-state index in [4.69, 9.17) is 0 Å². The van der Waals surface area contributed by atoms with Crippen LogP contribution in [0.25, 0.3) is 0 Å². The lowest BCUT2D eigenvalue weighted by Gasteiger charge is -2.25. The number of amides is 1. The van der Waals surface area contributed by atoms with Gasteiger partial charge in [0.15, 0.2) is 0 Å². The third kappa shape index (κ3) is 3.50. The Morgan fingerprint density at radius 1 is 1.35 bits per heavy atom. The quantitative estimate of drug-likeness (QED) is 0.868. The minimum Gasteiger partial charge on any atom is -0.373 e. The number of aromatic nitrogens is 1. The van der Waals surface area contributed by atoms with Crippen molar-refractivity contribution in [3.63, 3.8) is 0 Å². The molecule has 1 heterocycles. The lowest BCUT2D eigenvalue weighted by molar-refractivity contribution is 0.0908. The molecule has 0 unspecified atom stereocenters. The molecule has 4 nitrogen and oxygen atoms in total. The van der Waals surface area contributed by atoms with Crippen molar-refractivity contribution < 1.29 is 4.79 Å². The molecule has 0 radical (unpaired) electrons. The SMILES string of the molecule is CCCc1cc(C(=O)NC2(C)CCCC2)cc(NC)n1. The van der Waals surface area contributed by atoms with Crippen LogP contribution in [0.5, 0.6) is 0 Å². The van der Waals surface area contributed by atoms with Gasteiger partial charge in [0, 0.05) is 23.8 Å². The summed E-state index contributed by atoms with van der Waals surface area (Å²) in [5.74, 6) is 0.781. The second-order valence-corrected chi connectivity index (χ2v) is 5.95. The molecular formula is C16H25N3O. The number of nitrogens with one attached hydrogen (secondary N) is 2. The summed E-state index contributed by atoms with van der Waals surface area (Å²) in [6, 6.07) is 3.74. The van der Waals surface area contributed by atoms with Crippen LogP contribution in [-0.2, 0) is 6.42 Å². The zero-order chi connectivity index (χ0) is 14.6. The minimum atomic E-state index is -0.0366. The second-order valence-electron chi connectivity index (χ2n) is 5.95. The Balaban J connectivity index is 2.17. The van der Waals surface area contributed by atoms with Crippen LogP contribution in [0.15, 0.2) is 12.1 Å². The third-order valence-electron chi connectivity index (χ3n) is 4.03. The van der Waals surface area contributed by atoms with E-state index in [1.807, 2.05) is 19.2 Å². The monoisotopic (exact) mass is 275 g/mol. The van der Waals surface area contributed by atoms with E-state index in [1.54, 1.807) is 0 Å². The van der Waals surface area contributed by atoms with Gasteiger partial charge >= 0.3 is 0 Å². The maximum Gasteiger partial charge on any atom is 0.251 e. The average molecular weight is 275 g/mol. The van der Waals surface area contributed by atoms with Crippen molar-refractivity contribution in [2.24, 2.45) is 0 Å². The molecule has 1 aliphatic carbocycles. The van der Waals surface area contributed by atoms with E-state index in [0.717, 1.165) is 37.2 Å². The van der Waals surface area contributed by atoms with Gasteiger partial charge in [0.1, 0.15) is 5.82 Å². The lowest BCUT2D eigenvalue weighted by atomic mass is 10.00. The molecule has 0 bridgehead atoms. The molecule has 1 aromatic rings. The fourth-order valence-corrected chi connectivity index (χ4v) is 2.86. The van der Waals surface area contributed by atoms with Gasteiger partial charge in [-0.05, 0) is 38.3 Å². The maximum atomic E-state index is 12.5. The third-order valence-corrected chi connectivity index (χ3v) is 4.03. The summed E-state index contributed by atoms with van der Waals surface area (Å²) in [6.45, 7) is 4.26. The molecule has 2 N–H and O–H groups in total. The first kappa shape index (κ1) is 14.8. The summed E-state index contributed by atoms with van der Waals surface area (Å²) >= 11 is 0. The number of anilines is 1. The standard InChI is InChI=1S/C16H25N3O/c1-4-7-13-10-12(11-14(17-3)18-13)15(20)19-16(2)8-5-6-9-16/h10-11H,4-9H2,1-3H3,(H,17,18)(H,19,20). The number of carbonyl (C=O) groups excluding carboxylic acids is 1. The number of hydrogen-bond donors (Lipinski definition) is 2. The summed E-state index contributed by atoms with van der Waals surface area (Å²) < 4.78 is 0. The summed E-state index contributed by atoms with van der Waals surface area (Å²) in [6.07, 6.45) is 6.48. The molecule has 2 rings (SSSR count). The van der Waals surface area contributed by atoms with Gasteiger partial charge in [-0.15, -0.1) is 0 Å². The van der Waals surface area contributed by atoms with Crippen molar-refractivity contribution in [1.29, 1.82) is 0 Å². The van der Waals surface area contributed by atoms with Crippen LogP contribution in [0.1, 0.15) is 62.0 Å². The van der Waals surface area contributed by atoms with Gasteiger partial charge in [-0.3, -0.25) is 4.79 Å². The van der Waals surface area contributed by atoms with Crippen molar-refractivity contribution in [3.05, 3.63) is 23.4 Å². The topological polar surface area (TPSA) is 54.0 Å². The van der Waals surface area contributed by atoms with E-state index in [1.165, 1.54) is 12.8 Å². The van der Waals surface area contributed by atoms with E-state index < -0.39 is 0 Å². The number of carbonyl (C=O) groups is 1. The van der Waals surface area contributed by atoms with E-state index >= 15 is 0 Å². The average Bonchev–Trinajstić information content (AvgIpc) is 2.85. The Morgan fingerprint density at radius 3 is 2.65 bits per heavy atom. The van der Waals surface area contributed by atoms with Crippen LogP contribution >= 0.6 is 0 Å². The van der Waals surface area contributed by atoms with Gasteiger partial charge in [0.25, 0.3) is 5.91 Å². The Kier molecular flexibility index (Phi) is 4.63. The van der Waals surface area contributed by atoms with Crippen molar-refractivity contribution in [3.8, 4) is 0 Å². The van der Waals surface area contributed by atoms with Crippen LogP contribution in [0.4, 0.5) is 5.82 Å². The second kappa shape index (κ2) is 6.25. The molecule has 0 aliphatic heterocycles. The fourth-order valence-electron chi connectivity index (χ4n) is 2.86. The molecule has 20 heavy (non-hydrogen) atoms. The summed E-state index contributed by atoms with van der Waals surface area (Å²) in [4.78, 5) is 16.9. The van der Waals surface area contributed by atoms with Crippen LogP contribution < -0.4 is 10.6 Å². The zero-order valence-electron chi connectivity index (χ0n) is 12.8. The van der Waals surface area contributed by atoms with E-state index in [9.17, 15) is 4.79 Å². The van der Waals surface area contributed by atoms with Crippen molar-refractivity contribution >= 4 is 11.7 Å². The lowest BCUT2D eigenvalue weighted by Crippen LogP contribution is -2.43. The van der Waals surface area contributed by atoms with Crippen LogP contribution in [0.2, 0.25) is 0 Å². The van der Waals surface area contributed by atoms with Gasteiger partial charge in [-0.25, -0.2) is 4.98 Å². The van der Waals surface area contributed by atoms with Crippen LogP contribution in [0, 0.1) is 0 Å². The van der Waals surface area contributed by atoms with Gasteiger partial charge in [0.05, 0.1) is 0 Å². The van der Waals surface area contributed by atoms with E-state index in [2.05, 4.69) is 29.5 Å². The zero-order valence-corrected chi connectivity index (χ0v) is 12.8. The number of pyridine rings is 1. The van der Waals surface area contributed by atoms with Gasteiger partial charge < -0.3 is 10.6 Å². The van der Waals surface area contributed by atoms with Gasteiger partial charge in [-0.2, -0.15) is 0 Å². The number of aryl methyl sites for hydroxylation is 1. The number of hydrogen-bond acceptors (Lipinski definition) is 3. The van der Waals surface area contributed by atoms with E-state index in [-0.39, 0.29) is 11.4 Å². The number of nitrogens with zero attached hydrogens (tertiary/aromatic N) is 1. The highest BCUT2D eigenvalue weighted by Crippen LogP contribution is 2.29. The predicted molar refractivity (Wildman–Crippen MR) is 82.1 cm³/mol. The fraction of sp³-hybridized carbons (Fsp3) is 0.625. The Hall–Kier alpha value is -1.58. The molecule has 1 fully saturated rings. The first-order chi connectivity index (χ1) is 9.56. The van der Waals surface area contributed by atoms with E-state index in [0.29, 0.717) is 5.56 Å². The molecule has 110 valence electrons. The first-order valence-electron chi connectivity index (χ1n) is 7.57. The highest BCUT2D eigenvalue weighted by molar-refractivity contribution is 5.95. The number of rotatable bonds is 5. The molecule has 1 saturated carbocycles. The normalized spacial score (nSPS) is 16.9. The molecule has 1 aliphatic rings. The van der Waals surface area contributed by atoms with Crippen LogP contribution in [0.3, 0.4) is 0 Å². The molecule has 0 spiro atoms. The summed E-state index contributed by atoms with van der Waals surface area (Å²) in [5.41, 5.74) is 1.65. The molecule has 0 atom stereocenters. The van der Waals surface area contributed by atoms with Gasteiger partial charge in [-0.1, -0.05) is 26.2 Å². The smallest absolute Gasteiger partial charge is 0.251 e. The summed E-state index contributed by atoms with van der Waals surface area (Å²) in [5, 5.41) is 6.23. The highest BCUT2D eigenvalue weighted by Gasteiger charge is 2.30. The van der Waals surface area contributed by atoms with Crippen molar-refractivity contribution in [2.45, 2.75) is 57.9 Å². The predicted octanol–water partition coefficient (Wildman–Crippen LogP) is 3.14. The molecule has 0 aromatic carbocycles. The molecular weight excluding hydrogens is 250 g/mol. The molecule has 1 aromatic heterocycles. The Labute approximate surface area is 121 Å². The summed E-state index contributed by atoms with van der Waals surface area (Å²) in [7, 11) is 1.83. The highest BCUT2D eigenvalue weighted by atomic mass is 16.1. The molecule has 4 heteroatoms. The molecule has 1 amide bonds. The Bertz CT molecular complexity index is 479. The van der Waals surface area contributed by atoms with Crippen molar-refractivity contribution in [2.75, 3.05) is 12.4 Å². The minimum absolute atomic E-state index is 0.0191. The first-order valence-corrected chi connectivity index (χ1v) is 7.57.